The Morgan fingerprint density at radius 2 is 1.63 bits per heavy atom. The summed E-state index contributed by atoms with van der Waals surface area (Å²) in [5, 5.41) is 8.06. The van der Waals surface area contributed by atoms with Gasteiger partial charge in [0.05, 0.1) is 5.56 Å². The summed E-state index contributed by atoms with van der Waals surface area (Å²) in [6.07, 6.45) is -0.633. The molecule has 5 nitrogen and oxygen atoms in total. The summed E-state index contributed by atoms with van der Waals surface area (Å²) < 4.78 is 11.2. The molecule has 2 aromatic carbocycles. The molecule has 3 rings (SSSR count). The Morgan fingerprint density at radius 3 is 2.22 bits per heavy atom. The molecule has 0 saturated heterocycles. The number of rotatable bonds is 4. The second-order valence-corrected chi connectivity index (χ2v) is 7.69. The van der Waals surface area contributed by atoms with E-state index in [1.54, 1.807) is 19.1 Å². The van der Waals surface area contributed by atoms with Gasteiger partial charge in [-0.2, -0.15) is 0 Å². The first-order valence-corrected chi connectivity index (χ1v) is 8.96. The minimum atomic E-state index is -0.633. The number of hydrogen-bond donors (Lipinski definition) is 0. The van der Waals surface area contributed by atoms with Crippen molar-refractivity contribution in [2.75, 3.05) is 0 Å². The van der Waals surface area contributed by atoms with Crippen molar-refractivity contribution in [3.05, 3.63) is 71.1 Å². The molecule has 1 heterocycles. The van der Waals surface area contributed by atoms with Crippen LogP contribution in [0.4, 0.5) is 0 Å². The molecule has 0 saturated carbocycles. The largest absolute Gasteiger partial charge is 0.449 e. The van der Waals surface area contributed by atoms with Crippen LogP contribution < -0.4 is 0 Å². The number of hydrogen-bond acceptors (Lipinski definition) is 5. The normalized spacial score (nSPS) is 12.6. The van der Waals surface area contributed by atoms with Crippen LogP contribution in [0.25, 0.3) is 11.5 Å². The van der Waals surface area contributed by atoms with Crippen LogP contribution in [0, 0.1) is 6.92 Å². The molecule has 1 aromatic heterocycles. The SMILES string of the molecule is Cc1ccc(-c2nnc([C@@H](C)OC(=O)c3ccc(C(C)(C)C)cc3)o2)cc1. The zero-order chi connectivity index (χ0) is 19.6. The fourth-order valence-electron chi connectivity index (χ4n) is 2.60. The van der Waals surface area contributed by atoms with E-state index in [9.17, 15) is 4.79 Å². The van der Waals surface area contributed by atoms with Crippen LogP contribution in [-0.2, 0) is 10.2 Å². The Hall–Kier alpha value is -2.95. The summed E-state index contributed by atoms with van der Waals surface area (Å²) in [5.74, 6) is 0.255. The molecule has 0 aliphatic heterocycles. The maximum Gasteiger partial charge on any atom is 0.338 e. The van der Waals surface area contributed by atoms with Gasteiger partial charge in [0.1, 0.15) is 0 Å². The molecule has 0 N–H and O–H groups in total. The van der Waals surface area contributed by atoms with Crippen LogP contribution in [0.15, 0.2) is 52.9 Å². The first kappa shape index (κ1) is 18.8. The van der Waals surface area contributed by atoms with Crippen molar-refractivity contribution in [2.24, 2.45) is 0 Å². The molecule has 0 radical (unpaired) electrons. The lowest BCUT2D eigenvalue weighted by Gasteiger charge is -2.19. The van der Waals surface area contributed by atoms with Crippen LogP contribution in [0.2, 0.25) is 0 Å². The molecule has 0 aliphatic carbocycles. The number of carbonyl (C=O) groups excluding carboxylic acids is 1. The van der Waals surface area contributed by atoms with E-state index >= 15 is 0 Å². The van der Waals surface area contributed by atoms with Crippen molar-refractivity contribution in [1.29, 1.82) is 0 Å². The van der Waals surface area contributed by atoms with E-state index in [1.807, 2.05) is 43.3 Å². The highest BCUT2D eigenvalue weighted by Crippen LogP contribution is 2.25. The topological polar surface area (TPSA) is 65.2 Å². The van der Waals surface area contributed by atoms with E-state index in [0.717, 1.165) is 16.7 Å². The molecular formula is C22H24N2O3. The second kappa shape index (κ2) is 7.35. The number of nitrogens with zero attached hydrogens (tertiary/aromatic N) is 2. The van der Waals surface area contributed by atoms with E-state index < -0.39 is 12.1 Å². The maximum atomic E-state index is 12.4. The summed E-state index contributed by atoms with van der Waals surface area (Å²) >= 11 is 0. The number of carbonyl (C=O) groups is 1. The molecule has 3 aromatic rings. The van der Waals surface area contributed by atoms with Gasteiger partial charge >= 0.3 is 5.97 Å². The first-order chi connectivity index (χ1) is 12.7. The first-order valence-electron chi connectivity index (χ1n) is 8.96. The predicted molar refractivity (Wildman–Crippen MR) is 103 cm³/mol. The third-order valence-corrected chi connectivity index (χ3v) is 4.36. The molecular weight excluding hydrogens is 340 g/mol. The van der Waals surface area contributed by atoms with Crippen molar-refractivity contribution in [2.45, 2.75) is 46.1 Å². The Bertz CT molecular complexity index is 919. The lowest BCUT2D eigenvalue weighted by Crippen LogP contribution is -2.13. The van der Waals surface area contributed by atoms with Gasteiger partial charge in [0, 0.05) is 5.56 Å². The second-order valence-electron chi connectivity index (χ2n) is 7.69. The van der Waals surface area contributed by atoms with Gasteiger partial charge in [-0.15, -0.1) is 10.2 Å². The summed E-state index contributed by atoms with van der Waals surface area (Å²) in [6.45, 7) is 10.1. The number of aryl methyl sites for hydroxylation is 1. The molecule has 140 valence electrons. The van der Waals surface area contributed by atoms with Gasteiger partial charge in [-0.1, -0.05) is 50.6 Å². The van der Waals surface area contributed by atoms with E-state index in [-0.39, 0.29) is 11.3 Å². The van der Waals surface area contributed by atoms with Crippen LogP contribution >= 0.6 is 0 Å². The van der Waals surface area contributed by atoms with Gasteiger partial charge in [-0.25, -0.2) is 4.79 Å². The molecule has 0 amide bonds. The minimum Gasteiger partial charge on any atom is -0.449 e. The van der Waals surface area contributed by atoms with Crippen LogP contribution in [0.3, 0.4) is 0 Å². The number of aromatic nitrogens is 2. The van der Waals surface area contributed by atoms with Gasteiger partial charge in [-0.3, -0.25) is 0 Å². The predicted octanol–water partition coefficient (Wildman–Crippen LogP) is 5.26. The van der Waals surface area contributed by atoms with Crippen molar-refractivity contribution in [1.82, 2.24) is 10.2 Å². The fourth-order valence-corrected chi connectivity index (χ4v) is 2.60. The number of benzene rings is 2. The summed E-state index contributed by atoms with van der Waals surface area (Å²) in [6, 6.07) is 15.2. The smallest absolute Gasteiger partial charge is 0.338 e. The molecule has 1 atom stereocenters. The van der Waals surface area contributed by atoms with E-state index in [2.05, 4.69) is 31.0 Å². The highest BCUT2D eigenvalue weighted by atomic mass is 16.6. The molecule has 0 unspecified atom stereocenters. The van der Waals surface area contributed by atoms with Crippen molar-refractivity contribution < 1.29 is 13.9 Å². The van der Waals surface area contributed by atoms with Crippen molar-refractivity contribution in [3.63, 3.8) is 0 Å². The Morgan fingerprint density at radius 1 is 1.00 bits per heavy atom. The van der Waals surface area contributed by atoms with Gasteiger partial charge in [0.2, 0.25) is 5.89 Å². The number of ether oxygens (including phenoxy) is 1. The quantitative estimate of drug-likeness (QED) is 0.591. The molecule has 5 heteroatoms. The summed E-state index contributed by atoms with van der Waals surface area (Å²) in [4.78, 5) is 12.4. The Balaban J connectivity index is 1.69. The molecule has 0 spiro atoms. The lowest BCUT2D eigenvalue weighted by atomic mass is 9.87. The third-order valence-electron chi connectivity index (χ3n) is 4.36. The van der Waals surface area contributed by atoms with Gasteiger partial charge in [0.25, 0.3) is 5.89 Å². The Labute approximate surface area is 159 Å². The van der Waals surface area contributed by atoms with Crippen LogP contribution in [-0.4, -0.2) is 16.2 Å². The van der Waals surface area contributed by atoms with Crippen molar-refractivity contribution in [3.8, 4) is 11.5 Å². The van der Waals surface area contributed by atoms with E-state index in [4.69, 9.17) is 9.15 Å². The third kappa shape index (κ3) is 4.42. The monoisotopic (exact) mass is 364 g/mol. The lowest BCUT2D eigenvalue weighted by molar-refractivity contribution is 0.0280. The summed E-state index contributed by atoms with van der Waals surface area (Å²) in [5.41, 5.74) is 3.67. The van der Waals surface area contributed by atoms with Gasteiger partial charge in [0.15, 0.2) is 6.10 Å². The van der Waals surface area contributed by atoms with E-state index in [0.29, 0.717) is 11.5 Å². The number of esters is 1. The van der Waals surface area contributed by atoms with E-state index in [1.165, 1.54) is 0 Å². The minimum absolute atomic E-state index is 0.0336. The zero-order valence-electron chi connectivity index (χ0n) is 16.3. The average Bonchev–Trinajstić information content (AvgIpc) is 3.12. The molecule has 0 bridgehead atoms. The highest BCUT2D eigenvalue weighted by molar-refractivity contribution is 5.89. The average molecular weight is 364 g/mol. The fraction of sp³-hybridized carbons (Fsp3) is 0.318. The Kier molecular flexibility index (Phi) is 5.13. The molecule has 27 heavy (non-hydrogen) atoms. The molecule has 0 fully saturated rings. The highest BCUT2D eigenvalue weighted by Gasteiger charge is 2.21. The van der Waals surface area contributed by atoms with Gasteiger partial charge in [-0.05, 0) is 49.1 Å². The van der Waals surface area contributed by atoms with Crippen LogP contribution in [0.5, 0.6) is 0 Å². The summed E-state index contributed by atoms with van der Waals surface area (Å²) in [7, 11) is 0. The zero-order valence-corrected chi connectivity index (χ0v) is 16.3. The standard InChI is InChI=1S/C22H24N2O3/c1-14-6-8-16(9-7-14)20-24-23-19(27-20)15(2)26-21(25)17-10-12-18(13-11-17)22(3,4)5/h6-13,15H,1-5H3/t15-/m1/s1. The molecule has 0 aliphatic rings. The van der Waals surface area contributed by atoms with Crippen LogP contribution in [0.1, 0.15) is 61.2 Å². The van der Waals surface area contributed by atoms with Crippen molar-refractivity contribution >= 4 is 5.97 Å². The maximum absolute atomic E-state index is 12.4. The van der Waals surface area contributed by atoms with Gasteiger partial charge < -0.3 is 9.15 Å².